The van der Waals surface area contributed by atoms with Gasteiger partial charge in [-0.05, 0) is 36.4 Å². The smallest absolute Gasteiger partial charge is 0.269 e. The Morgan fingerprint density at radius 2 is 1.54 bits per heavy atom. The lowest BCUT2D eigenvalue weighted by Gasteiger charge is -2.26. The summed E-state index contributed by atoms with van der Waals surface area (Å²) in [6.07, 6.45) is 0. The SMILES string of the molecule is O=C(Nc1ccc(C(=O)N2CCOCC2)cc1)c1ccc([N+](=O)[O-])cc1. The Balaban J connectivity index is 1.64. The van der Waals surface area contributed by atoms with Gasteiger partial charge in [0, 0.05) is 42.0 Å². The first-order valence-electron chi connectivity index (χ1n) is 8.07. The highest BCUT2D eigenvalue weighted by molar-refractivity contribution is 6.04. The first-order chi connectivity index (χ1) is 12.5. The van der Waals surface area contributed by atoms with Crippen LogP contribution in [0.25, 0.3) is 0 Å². The minimum atomic E-state index is -0.522. The minimum Gasteiger partial charge on any atom is -0.378 e. The van der Waals surface area contributed by atoms with Gasteiger partial charge in [-0.25, -0.2) is 0 Å². The fraction of sp³-hybridized carbons (Fsp3) is 0.222. The van der Waals surface area contributed by atoms with Gasteiger partial charge >= 0.3 is 0 Å². The molecular weight excluding hydrogens is 338 g/mol. The Bertz CT molecular complexity index is 812. The molecule has 0 aromatic heterocycles. The van der Waals surface area contributed by atoms with Crippen LogP contribution in [-0.2, 0) is 4.74 Å². The zero-order valence-corrected chi connectivity index (χ0v) is 13.9. The predicted molar refractivity (Wildman–Crippen MR) is 94.2 cm³/mol. The van der Waals surface area contributed by atoms with Gasteiger partial charge in [-0.1, -0.05) is 0 Å². The molecule has 3 rings (SSSR count). The Morgan fingerprint density at radius 1 is 0.962 bits per heavy atom. The number of carbonyl (C=O) groups is 2. The van der Waals surface area contributed by atoms with Gasteiger partial charge in [0.15, 0.2) is 0 Å². The van der Waals surface area contributed by atoms with Crippen molar-refractivity contribution in [1.29, 1.82) is 0 Å². The number of nitro benzene ring substituents is 1. The third kappa shape index (κ3) is 4.04. The number of carbonyl (C=O) groups excluding carboxylic acids is 2. The fourth-order valence-corrected chi connectivity index (χ4v) is 2.58. The molecule has 2 aromatic carbocycles. The molecule has 1 saturated heterocycles. The monoisotopic (exact) mass is 355 g/mol. The summed E-state index contributed by atoms with van der Waals surface area (Å²) in [6.45, 7) is 2.21. The number of nitrogens with one attached hydrogen (secondary N) is 1. The summed E-state index contributed by atoms with van der Waals surface area (Å²) in [5.74, 6) is -0.450. The first-order valence-corrected chi connectivity index (χ1v) is 8.07. The molecule has 1 N–H and O–H groups in total. The number of ether oxygens (including phenoxy) is 1. The molecule has 0 radical (unpaired) electrons. The van der Waals surface area contributed by atoms with Gasteiger partial charge in [0.05, 0.1) is 18.1 Å². The molecule has 0 unspecified atom stereocenters. The third-order valence-electron chi connectivity index (χ3n) is 4.03. The van der Waals surface area contributed by atoms with E-state index in [9.17, 15) is 19.7 Å². The maximum absolute atomic E-state index is 12.4. The molecule has 8 heteroatoms. The molecule has 2 aromatic rings. The standard InChI is InChI=1S/C18H17N3O5/c22-17(13-3-7-16(8-4-13)21(24)25)19-15-5-1-14(2-6-15)18(23)20-9-11-26-12-10-20/h1-8H,9-12H2,(H,19,22). The lowest BCUT2D eigenvalue weighted by atomic mass is 10.1. The normalized spacial score (nSPS) is 13.9. The number of nitro groups is 1. The van der Waals surface area contributed by atoms with Crippen LogP contribution in [0.15, 0.2) is 48.5 Å². The van der Waals surface area contributed by atoms with Crippen molar-refractivity contribution < 1.29 is 19.2 Å². The van der Waals surface area contributed by atoms with Crippen molar-refractivity contribution in [2.75, 3.05) is 31.6 Å². The Morgan fingerprint density at radius 3 is 2.12 bits per heavy atom. The molecule has 8 nitrogen and oxygen atoms in total. The zero-order chi connectivity index (χ0) is 18.5. The molecular formula is C18H17N3O5. The van der Waals surface area contributed by atoms with Crippen molar-refractivity contribution >= 4 is 23.2 Å². The molecule has 2 amide bonds. The van der Waals surface area contributed by atoms with Gasteiger partial charge in [-0.15, -0.1) is 0 Å². The molecule has 0 spiro atoms. The van der Waals surface area contributed by atoms with E-state index in [1.54, 1.807) is 29.2 Å². The summed E-state index contributed by atoms with van der Waals surface area (Å²) < 4.78 is 5.23. The summed E-state index contributed by atoms with van der Waals surface area (Å²) in [4.78, 5) is 36.4. The molecule has 1 aliphatic heterocycles. The number of rotatable bonds is 4. The lowest BCUT2D eigenvalue weighted by Crippen LogP contribution is -2.40. The fourth-order valence-electron chi connectivity index (χ4n) is 2.58. The van der Waals surface area contributed by atoms with Gasteiger partial charge < -0.3 is 15.0 Å². The van der Waals surface area contributed by atoms with Crippen molar-refractivity contribution in [3.63, 3.8) is 0 Å². The number of amides is 2. The van der Waals surface area contributed by atoms with E-state index in [-0.39, 0.29) is 17.5 Å². The average molecular weight is 355 g/mol. The number of nitrogens with zero attached hydrogens (tertiary/aromatic N) is 2. The number of morpholine rings is 1. The van der Waals surface area contributed by atoms with E-state index in [1.807, 2.05) is 0 Å². The van der Waals surface area contributed by atoms with Crippen molar-refractivity contribution in [3.8, 4) is 0 Å². The second kappa shape index (κ2) is 7.75. The number of hydrogen-bond acceptors (Lipinski definition) is 5. The van der Waals surface area contributed by atoms with Crippen LogP contribution in [0, 0.1) is 10.1 Å². The highest BCUT2D eigenvalue weighted by Gasteiger charge is 2.18. The van der Waals surface area contributed by atoms with Crippen molar-refractivity contribution in [3.05, 3.63) is 69.8 Å². The summed E-state index contributed by atoms with van der Waals surface area (Å²) in [7, 11) is 0. The highest BCUT2D eigenvalue weighted by atomic mass is 16.6. The molecule has 26 heavy (non-hydrogen) atoms. The Kier molecular flexibility index (Phi) is 5.23. The molecule has 1 heterocycles. The Hall–Kier alpha value is -3.26. The summed E-state index contributed by atoms with van der Waals surface area (Å²) >= 11 is 0. The molecule has 0 saturated carbocycles. The maximum Gasteiger partial charge on any atom is 0.269 e. The van der Waals surface area contributed by atoms with Crippen LogP contribution in [-0.4, -0.2) is 47.9 Å². The van der Waals surface area contributed by atoms with Gasteiger partial charge in [0.25, 0.3) is 17.5 Å². The largest absolute Gasteiger partial charge is 0.378 e. The molecule has 134 valence electrons. The topological polar surface area (TPSA) is 102 Å². The van der Waals surface area contributed by atoms with Crippen molar-refractivity contribution in [2.45, 2.75) is 0 Å². The number of non-ortho nitro benzene ring substituents is 1. The van der Waals surface area contributed by atoms with E-state index in [0.29, 0.717) is 43.1 Å². The second-order valence-corrected chi connectivity index (χ2v) is 5.74. The average Bonchev–Trinajstić information content (AvgIpc) is 2.68. The highest BCUT2D eigenvalue weighted by Crippen LogP contribution is 2.16. The van der Waals surface area contributed by atoms with Crippen LogP contribution < -0.4 is 5.32 Å². The molecule has 0 atom stereocenters. The number of hydrogen-bond donors (Lipinski definition) is 1. The quantitative estimate of drug-likeness (QED) is 0.670. The molecule has 1 fully saturated rings. The van der Waals surface area contributed by atoms with E-state index in [0.717, 1.165) is 0 Å². The van der Waals surface area contributed by atoms with E-state index in [2.05, 4.69) is 5.32 Å². The maximum atomic E-state index is 12.4. The minimum absolute atomic E-state index is 0.0680. The molecule has 0 bridgehead atoms. The van der Waals surface area contributed by atoms with Crippen molar-refractivity contribution in [2.24, 2.45) is 0 Å². The van der Waals surface area contributed by atoms with Crippen molar-refractivity contribution in [1.82, 2.24) is 4.90 Å². The number of benzene rings is 2. The van der Waals surface area contributed by atoms with Gasteiger partial charge in [0.2, 0.25) is 0 Å². The summed E-state index contributed by atoms with van der Waals surface area (Å²) in [6, 6.07) is 12.0. The lowest BCUT2D eigenvalue weighted by molar-refractivity contribution is -0.384. The number of anilines is 1. The zero-order valence-electron chi connectivity index (χ0n) is 13.9. The van der Waals surface area contributed by atoms with E-state index in [1.165, 1.54) is 24.3 Å². The Labute approximate surface area is 149 Å². The van der Waals surface area contributed by atoms with Crippen LogP contribution >= 0.6 is 0 Å². The molecule has 1 aliphatic rings. The summed E-state index contributed by atoms with van der Waals surface area (Å²) in [5.41, 5.74) is 1.31. The van der Waals surface area contributed by atoms with Crippen LogP contribution in [0.1, 0.15) is 20.7 Å². The van der Waals surface area contributed by atoms with Gasteiger partial charge in [-0.2, -0.15) is 0 Å². The van der Waals surface area contributed by atoms with E-state index >= 15 is 0 Å². The van der Waals surface area contributed by atoms with Gasteiger partial charge in [0.1, 0.15) is 0 Å². The first kappa shape index (κ1) is 17.6. The summed E-state index contributed by atoms with van der Waals surface area (Å²) in [5, 5.41) is 13.3. The van der Waals surface area contributed by atoms with Crippen LogP contribution in [0.4, 0.5) is 11.4 Å². The van der Waals surface area contributed by atoms with Gasteiger partial charge in [-0.3, -0.25) is 19.7 Å². The second-order valence-electron chi connectivity index (χ2n) is 5.74. The van der Waals surface area contributed by atoms with E-state index in [4.69, 9.17) is 4.74 Å². The molecule has 0 aliphatic carbocycles. The van der Waals surface area contributed by atoms with Crippen LogP contribution in [0.3, 0.4) is 0 Å². The predicted octanol–water partition coefficient (Wildman–Crippen LogP) is 2.32. The van der Waals surface area contributed by atoms with E-state index < -0.39 is 4.92 Å². The van der Waals surface area contributed by atoms with Crippen LogP contribution in [0.2, 0.25) is 0 Å². The van der Waals surface area contributed by atoms with Crippen LogP contribution in [0.5, 0.6) is 0 Å². The third-order valence-corrected chi connectivity index (χ3v) is 4.03.